The van der Waals surface area contributed by atoms with Crippen LogP contribution < -0.4 is 4.31 Å². The zero-order valence-corrected chi connectivity index (χ0v) is 16.8. The number of carbonyl (C=O) groups is 1. The van der Waals surface area contributed by atoms with E-state index in [0.29, 0.717) is 24.7 Å². The van der Waals surface area contributed by atoms with Gasteiger partial charge < -0.3 is 4.90 Å². The van der Waals surface area contributed by atoms with E-state index < -0.39 is 10.0 Å². The predicted octanol–water partition coefficient (Wildman–Crippen LogP) is 3.01. The SMILES string of the molecule is CC1CCN(C(=O)CN(c2ccc(C(C)(C)C)cc2)S(C)(=O)=O)CC1. The molecule has 0 unspecified atom stereocenters. The minimum atomic E-state index is -3.52. The van der Waals surface area contributed by atoms with Gasteiger partial charge in [-0.3, -0.25) is 9.10 Å². The molecule has 0 spiro atoms. The normalized spacial score (nSPS) is 16.8. The maximum atomic E-state index is 12.6. The Labute approximate surface area is 152 Å². The minimum Gasteiger partial charge on any atom is -0.341 e. The van der Waals surface area contributed by atoms with E-state index in [-0.39, 0.29) is 17.9 Å². The highest BCUT2D eigenvalue weighted by Gasteiger charge is 2.26. The summed E-state index contributed by atoms with van der Waals surface area (Å²) in [6.45, 7) is 9.79. The lowest BCUT2D eigenvalue weighted by atomic mass is 9.87. The summed E-state index contributed by atoms with van der Waals surface area (Å²) in [7, 11) is -3.52. The molecule has 25 heavy (non-hydrogen) atoms. The van der Waals surface area contributed by atoms with Crippen LogP contribution in [0.4, 0.5) is 5.69 Å². The first-order chi connectivity index (χ1) is 11.5. The van der Waals surface area contributed by atoms with E-state index in [2.05, 4.69) is 27.7 Å². The lowest BCUT2D eigenvalue weighted by Crippen LogP contribution is -2.45. The van der Waals surface area contributed by atoms with Crippen LogP contribution in [0.1, 0.15) is 46.1 Å². The van der Waals surface area contributed by atoms with Crippen molar-refractivity contribution in [3.05, 3.63) is 29.8 Å². The first-order valence-electron chi connectivity index (χ1n) is 8.84. The third-order valence-corrected chi connectivity index (χ3v) is 5.98. The van der Waals surface area contributed by atoms with E-state index in [1.165, 1.54) is 4.31 Å². The fourth-order valence-electron chi connectivity index (χ4n) is 3.01. The molecule has 140 valence electrons. The number of amides is 1. The molecule has 0 bridgehead atoms. The van der Waals surface area contributed by atoms with Gasteiger partial charge >= 0.3 is 0 Å². The van der Waals surface area contributed by atoms with Crippen molar-refractivity contribution in [2.45, 2.75) is 46.0 Å². The molecule has 1 heterocycles. The van der Waals surface area contributed by atoms with Crippen LogP contribution in [0, 0.1) is 5.92 Å². The summed E-state index contributed by atoms with van der Waals surface area (Å²) in [6.07, 6.45) is 3.10. The molecule has 6 heteroatoms. The Kier molecular flexibility index (Phi) is 5.82. The quantitative estimate of drug-likeness (QED) is 0.823. The number of sulfonamides is 1. The van der Waals surface area contributed by atoms with Crippen LogP contribution in [-0.2, 0) is 20.2 Å². The van der Waals surface area contributed by atoms with E-state index in [4.69, 9.17) is 0 Å². The lowest BCUT2D eigenvalue weighted by molar-refractivity contribution is -0.130. The highest BCUT2D eigenvalue weighted by molar-refractivity contribution is 7.92. The van der Waals surface area contributed by atoms with E-state index in [0.717, 1.165) is 24.7 Å². The zero-order valence-electron chi connectivity index (χ0n) is 15.9. The monoisotopic (exact) mass is 366 g/mol. The summed E-state index contributed by atoms with van der Waals surface area (Å²) in [4.78, 5) is 14.4. The second-order valence-electron chi connectivity index (χ2n) is 8.13. The Morgan fingerprint density at radius 3 is 2.12 bits per heavy atom. The Morgan fingerprint density at radius 1 is 1.16 bits per heavy atom. The lowest BCUT2D eigenvalue weighted by Gasteiger charge is -2.32. The number of likely N-dealkylation sites (tertiary alicyclic amines) is 1. The van der Waals surface area contributed by atoms with Gasteiger partial charge in [0.15, 0.2) is 0 Å². The molecule has 0 saturated carbocycles. The van der Waals surface area contributed by atoms with Gasteiger partial charge in [0.1, 0.15) is 6.54 Å². The van der Waals surface area contributed by atoms with Crippen LogP contribution in [0.2, 0.25) is 0 Å². The molecule has 1 fully saturated rings. The molecule has 1 amide bonds. The van der Waals surface area contributed by atoms with Crippen LogP contribution in [0.3, 0.4) is 0 Å². The van der Waals surface area contributed by atoms with Gasteiger partial charge in [-0.05, 0) is 41.9 Å². The van der Waals surface area contributed by atoms with Crippen molar-refractivity contribution in [2.75, 3.05) is 30.2 Å². The molecule has 0 aliphatic carbocycles. The molecule has 1 aliphatic rings. The van der Waals surface area contributed by atoms with Gasteiger partial charge in [0.05, 0.1) is 11.9 Å². The van der Waals surface area contributed by atoms with E-state index in [1.807, 2.05) is 12.1 Å². The van der Waals surface area contributed by atoms with Gasteiger partial charge in [0.25, 0.3) is 0 Å². The number of piperidine rings is 1. The maximum Gasteiger partial charge on any atom is 0.243 e. The standard InChI is InChI=1S/C19H30N2O3S/c1-15-10-12-20(13-11-15)18(22)14-21(25(5,23)24)17-8-6-16(7-9-17)19(2,3)4/h6-9,15H,10-14H2,1-5H3. The molecule has 1 aromatic carbocycles. The third-order valence-electron chi connectivity index (χ3n) is 4.84. The predicted molar refractivity (Wildman–Crippen MR) is 102 cm³/mol. The van der Waals surface area contributed by atoms with Crippen LogP contribution in [0.25, 0.3) is 0 Å². The van der Waals surface area contributed by atoms with Crippen molar-refractivity contribution in [3.8, 4) is 0 Å². The average Bonchev–Trinajstić information content (AvgIpc) is 2.51. The molecule has 0 aromatic heterocycles. The number of carbonyl (C=O) groups excluding carboxylic acids is 1. The number of anilines is 1. The Bertz CT molecular complexity index is 697. The van der Waals surface area contributed by atoms with Crippen molar-refractivity contribution in [2.24, 2.45) is 5.92 Å². The summed E-state index contributed by atoms with van der Waals surface area (Å²) >= 11 is 0. The molecular weight excluding hydrogens is 336 g/mol. The number of hydrogen-bond donors (Lipinski definition) is 0. The van der Waals surface area contributed by atoms with Crippen LogP contribution in [-0.4, -0.2) is 45.1 Å². The van der Waals surface area contributed by atoms with E-state index in [9.17, 15) is 13.2 Å². The fourth-order valence-corrected chi connectivity index (χ4v) is 3.86. The van der Waals surface area contributed by atoms with Gasteiger partial charge in [-0.1, -0.05) is 39.8 Å². The van der Waals surface area contributed by atoms with Crippen molar-refractivity contribution in [1.82, 2.24) is 4.90 Å². The summed E-state index contributed by atoms with van der Waals surface area (Å²) in [5.74, 6) is 0.497. The summed E-state index contributed by atoms with van der Waals surface area (Å²) in [5.41, 5.74) is 1.66. The first-order valence-corrected chi connectivity index (χ1v) is 10.7. The van der Waals surface area contributed by atoms with Crippen molar-refractivity contribution >= 4 is 21.6 Å². The van der Waals surface area contributed by atoms with Crippen LogP contribution >= 0.6 is 0 Å². The Hall–Kier alpha value is -1.56. The van der Waals surface area contributed by atoms with Gasteiger partial charge in [-0.2, -0.15) is 0 Å². The second kappa shape index (κ2) is 7.36. The summed E-state index contributed by atoms with van der Waals surface area (Å²) in [6, 6.07) is 7.43. The summed E-state index contributed by atoms with van der Waals surface area (Å²) in [5, 5.41) is 0. The highest BCUT2D eigenvalue weighted by atomic mass is 32.2. The van der Waals surface area contributed by atoms with E-state index in [1.54, 1.807) is 17.0 Å². The molecule has 1 aliphatic heterocycles. The molecule has 1 saturated heterocycles. The maximum absolute atomic E-state index is 12.6. The molecule has 1 aromatic rings. The molecule has 0 N–H and O–H groups in total. The Balaban J connectivity index is 2.18. The van der Waals surface area contributed by atoms with Gasteiger partial charge in [0, 0.05) is 13.1 Å². The number of benzene rings is 1. The smallest absolute Gasteiger partial charge is 0.243 e. The van der Waals surface area contributed by atoms with Crippen LogP contribution in [0.5, 0.6) is 0 Å². The van der Waals surface area contributed by atoms with Crippen LogP contribution in [0.15, 0.2) is 24.3 Å². The zero-order chi connectivity index (χ0) is 18.8. The van der Waals surface area contributed by atoms with Crippen molar-refractivity contribution in [3.63, 3.8) is 0 Å². The third kappa shape index (κ3) is 5.21. The molecule has 5 nitrogen and oxygen atoms in total. The molecule has 0 atom stereocenters. The van der Waals surface area contributed by atoms with Gasteiger partial charge in [-0.25, -0.2) is 8.42 Å². The Morgan fingerprint density at radius 2 is 1.68 bits per heavy atom. The highest BCUT2D eigenvalue weighted by Crippen LogP contribution is 2.26. The fraction of sp³-hybridized carbons (Fsp3) is 0.632. The number of rotatable bonds is 4. The average molecular weight is 367 g/mol. The number of nitrogens with zero attached hydrogens (tertiary/aromatic N) is 2. The molecular formula is C19H30N2O3S. The van der Waals surface area contributed by atoms with Crippen molar-refractivity contribution in [1.29, 1.82) is 0 Å². The molecule has 2 rings (SSSR count). The summed E-state index contributed by atoms with van der Waals surface area (Å²) < 4.78 is 25.7. The van der Waals surface area contributed by atoms with Gasteiger partial charge in [0.2, 0.25) is 15.9 Å². The topological polar surface area (TPSA) is 57.7 Å². The second-order valence-corrected chi connectivity index (χ2v) is 10.0. The van der Waals surface area contributed by atoms with Crippen molar-refractivity contribution < 1.29 is 13.2 Å². The first kappa shape index (κ1) is 19.8. The minimum absolute atomic E-state index is 0.00520. The number of hydrogen-bond acceptors (Lipinski definition) is 3. The largest absolute Gasteiger partial charge is 0.341 e. The van der Waals surface area contributed by atoms with E-state index >= 15 is 0 Å². The van der Waals surface area contributed by atoms with Gasteiger partial charge in [-0.15, -0.1) is 0 Å². The molecule has 0 radical (unpaired) electrons.